The molecular weight excluding hydrogens is 314 g/mol. The Hall–Kier alpha value is -3.34. The largest absolute Gasteiger partial charge is 0.497 e. The summed E-state index contributed by atoms with van der Waals surface area (Å²) in [6.07, 6.45) is 1.76. The minimum absolute atomic E-state index is 0.143. The van der Waals surface area contributed by atoms with E-state index in [0.29, 0.717) is 12.2 Å². The third kappa shape index (κ3) is 2.92. The van der Waals surface area contributed by atoms with Crippen LogP contribution in [0.3, 0.4) is 0 Å². The summed E-state index contributed by atoms with van der Waals surface area (Å²) >= 11 is 0. The van der Waals surface area contributed by atoms with Crippen LogP contribution in [0, 0.1) is 0 Å². The molecule has 4 rings (SSSR count). The molecule has 0 bridgehead atoms. The van der Waals surface area contributed by atoms with Gasteiger partial charge >= 0.3 is 0 Å². The first-order chi connectivity index (χ1) is 12.2. The first kappa shape index (κ1) is 15.2. The van der Waals surface area contributed by atoms with Gasteiger partial charge in [0.15, 0.2) is 0 Å². The summed E-state index contributed by atoms with van der Waals surface area (Å²) in [6.45, 7) is 0.456. The van der Waals surface area contributed by atoms with Crippen LogP contribution in [0.25, 0.3) is 21.8 Å². The van der Waals surface area contributed by atoms with Crippen LogP contribution >= 0.6 is 0 Å². The van der Waals surface area contributed by atoms with E-state index in [1.807, 2.05) is 54.6 Å². The SMILES string of the molecule is COc1ccc(CNC(=O)c2cc3ccc4cccnc4c3[nH]2)cc1. The maximum atomic E-state index is 12.5. The minimum Gasteiger partial charge on any atom is -0.497 e. The molecule has 5 heteroatoms. The number of amides is 1. The van der Waals surface area contributed by atoms with Gasteiger partial charge in [0.1, 0.15) is 11.4 Å². The number of H-pyrrole nitrogens is 1. The van der Waals surface area contributed by atoms with Crippen molar-refractivity contribution in [2.75, 3.05) is 7.11 Å². The molecule has 0 aliphatic carbocycles. The Bertz CT molecular complexity index is 1050. The average Bonchev–Trinajstić information content (AvgIpc) is 3.11. The number of nitrogens with zero attached hydrogens (tertiary/aromatic N) is 1. The van der Waals surface area contributed by atoms with Crippen LogP contribution in [0.2, 0.25) is 0 Å². The quantitative estimate of drug-likeness (QED) is 0.600. The number of aromatic nitrogens is 2. The monoisotopic (exact) mass is 331 g/mol. The Balaban J connectivity index is 1.56. The number of hydrogen-bond donors (Lipinski definition) is 2. The molecule has 4 aromatic rings. The molecule has 2 N–H and O–H groups in total. The van der Waals surface area contributed by atoms with Gasteiger partial charge < -0.3 is 15.0 Å². The van der Waals surface area contributed by atoms with Crippen molar-refractivity contribution in [3.05, 3.63) is 72.1 Å². The molecule has 0 fully saturated rings. The molecule has 25 heavy (non-hydrogen) atoms. The fourth-order valence-electron chi connectivity index (χ4n) is 2.88. The Morgan fingerprint density at radius 1 is 1.12 bits per heavy atom. The maximum Gasteiger partial charge on any atom is 0.267 e. The molecule has 0 unspecified atom stereocenters. The van der Waals surface area contributed by atoms with Gasteiger partial charge in [0, 0.05) is 23.5 Å². The fraction of sp³-hybridized carbons (Fsp3) is 0.100. The lowest BCUT2D eigenvalue weighted by Crippen LogP contribution is -2.23. The number of pyridine rings is 1. The summed E-state index contributed by atoms with van der Waals surface area (Å²) < 4.78 is 5.13. The number of benzene rings is 2. The van der Waals surface area contributed by atoms with Crippen LogP contribution in [-0.4, -0.2) is 23.0 Å². The summed E-state index contributed by atoms with van der Waals surface area (Å²) in [4.78, 5) is 20.1. The number of aromatic amines is 1. The predicted octanol–water partition coefficient (Wildman–Crippen LogP) is 3.65. The van der Waals surface area contributed by atoms with Crippen molar-refractivity contribution in [3.8, 4) is 5.75 Å². The van der Waals surface area contributed by atoms with Gasteiger partial charge in [-0.2, -0.15) is 0 Å². The number of rotatable bonds is 4. The van der Waals surface area contributed by atoms with Crippen molar-refractivity contribution in [1.29, 1.82) is 0 Å². The van der Waals surface area contributed by atoms with E-state index < -0.39 is 0 Å². The molecule has 5 nitrogen and oxygen atoms in total. The van der Waals surface area contributed by atoms with Crippen molar-refractivity contribution in [2.45, 2.75) is 6.54 Å². The molecule has 0 aliphatic heterocycles. The van der Waals surface area contributed by atoms with Gasteiger partial charge in [0.2, 0.25) is 0 Å². The lowest BCUT2D eigenvalue weighted by molar-refractivity contribution is 0.0947. The molecule has 124 valence electrons. The Morgan fingerprint density at radius 2 is 1.92 bits per heavy atom. The van der Waals surface area contributed by atoms with Crippen molar-refractivity contribution in [1.82, 2.24) is 15.3 Å². The van der Waals surface area contributed by atoms with Gasteiger partial charge in [0.05, 0.1) is 18.1 Å². The first-order valence-electron chi connectivity index (χ1n) is 8.02. The highest BCUT2D eigenvalue weighted by atomic mass is 16.5. The zero-order chi connectivity index (χ0) is 17.2. The molecule has 2 aromatic heterocycles. The van der Waals surface area contributed by atoms with Crippen molar-refractivity contribution >= 4 is 27.7 Å². The van der Waals surface area contributed by atoms with E-state index in [1.165, 1.54) is 0 Å². The van der Waals surface area contributed by atoms with Crippen LogP contribution < -0.4 is 10.1 Å². The van der Waals surface area contributed by atoms with Gasteiger partial charge in [-0.25, -0.2) is 0 Å². The third-order valence-electron chi connectivity index (χ3n) is 4.22. The molecule has 0 saturated heterocycles. The highest BCUT2D eigenvalue weighted by molar-refractivity contribution is 6.07. The second-order valence-electron chi connectivity index (χ2n) is 5.82. The van der Waals surface area contributed by atoms with Crippen LogP contribution in [0.15, 0.2) is 60.8 Å². The average molecular weight is 331 g/mol. The second-order valence-corrected chi connectivity index (χ2v) is 5.82. The number of fused-ring (bicyclic) bond motifs is 3. The van der Waals surface area contributed by atoms with E-state index in [-0.39, 0.29) is 5.91 Å². The highest BCUT2D eigenvalue weighted by Gasteiger charge is 2.11. The number of carbonyl (C=O) groups is 1. The van der Waals surface area contributed by atoms with Gasteiger partial charge in [-0.1, -0.05) is 30.3 Å². The molecule has 0 aliphatic rings. The molecule has 0 atom stereocenters. The van der Waals surface area contributed by atoms with Gasteiger partial charge in [-0.05, 0) is 29.8 Å². The van der Waals surface area contributed by atoms with E-state index in [0.717, 1.165) is 33.1 Å². The number of carbonyl (C=O) groups excluding carboxylic acids is 1. The zero-order valence-corrected chi connectivity index (χ0v) is 13.7. The van der Waals surface area contributed by atoms with Crippen LogP contribution in [0.5, 0.6) is 5.75 Å². The lowest BCUT2D eigenvalue weighted by Gasteiger charge is -2.05. The second kappa shape index (κ2) is 6.28. The summed E-state index contributed by atoms with van der Waals surface area (Å²) in [5, 5.41) is 4.95. The van der Waals surface area contributed by atoms with Crippen LogP contribution in [0.4, 0.5) is 0 Å². The summed E-state index contributed by atoms with van der Waals surface area (Å²) in [7, 11) is 1.63. The summed E-state index contributed by atoms with van der Waals surface area (Å²) in [5.41, 5.74) is 3.29. The van der Waals surface area contributed by atoms with E-state index in [2.05, 4.69) is 15.3 Å². The standard InChI is InChI=1S/C20H17N3O2/c1-25-16-8-4-13(5-9-16)12-22-20(24)17-11-15-7-6-14-3-2-10-21-18(14)19(15)23-17/h2-11,23H,12H2,1H3,(H,22,24). The van der Waals surface area contributed by atoms with Crippen molar-refractivity contribution in [2.24, 2.45) is 0 Å². The lowest BCUT2D eigenvalue weighted by atomic mass is 10.1. The number of ether oxygens (including phenoxy) is 1. The van der Waals surface area contributed by atoms with E-state index in [4.69, 9.17) is 4.74 Å². The summed E-state index contributed by atoms with van der Waals surface area (Å²) in [5.74, 6) is 0.654. The van der Waals surface area contributed by atoms with Crippen LogP contribution in [0.1, 0.15) is 16.1 Å². The number of methoxy groups -OCH3 is 1. The van der Waals surface area contributed by atoms with Crippen molar-refractivity contribution in [3.63, 3.8) is 0 Å². The summed E-state index contributed by atoms with van der Waals surface area (Å²) in [6, 6.07) is 17.4. The van der Waals surface area contributed by atoms with E-state index in [1.54, 1.807) is 13.3 Å². The predicted molar refractivity (Wildman–Crippen MR) is 97.8 cm³/mol. The van der Waals surface area contributed by atoms with Gasteiger partial charge in [0.25, 0.3) is 5.91 Å². The van der Waals surface area contributed by atoms with E-state index >= 15 is 0 Å². The Labute approximate surface area is 144 Å². The van der Waals surface area contributed by atoms with Crippen molar-refractivity contribution < 1.29 is 9.53 Å². The highest BCUT2D eigenvalue weighted by Crippen LogP contribution is 2.23. The Kier molecular flexibility index (Phi) is 3.82. The zero-order valence-electron chi connectivity index (χ0n) is 13.7. The first-order valence-corrected chi connectivity index (χ1v) is 8.02. The number of hydrogen-bond acceptors (Lipinski definition) is 3. The number of nitrogens with one attached hydrogen (secondary N) is 2. The molecule has 0 radical (unpaired) electrons. The normalized spacial score (nSPS) is 10.9. The molecule has 2 aromatic carbocycles. The van der Waals surface area contributed by atoms with Gasteiger partial charge in [-0.15, -0.1) is 0 Å². The molecular formula is C20H17N3O2. The van der Waals surface area contributed by atoms with Gasteiger partial charge in [-0.3, -0.25) is 9.78 Å². The smallest absolute Gasteiger partial charge is 0.267 e. The maximum absolute atomic E-state index is 12.5. The van der Waals surface area contributed by atoms with E-state index in [9.17, 15) is 4.79 Å². The fourth-order valence-corrected chi connectivity index (χ4v) is 2.88. The molecule has 0 spiro atoms. The third-order valence-corrected chi connectivity index (χ3v) is 4.22. The van der Waals surface area contributed by atoms with Crippen LogP contribution in [-0.2, 0) is 6.54 Å². The molecule has 0 saturated carbocycles. The molecule has 2 heterocycles. The Morgan fingerprint density at radius 3 is 2.72 bits per heavy atom. The minimum atomic E-state index is -0.143. The topological polar surface area (TPSA) is 67.0 Å². The molecule has 1 amide bonds.